The number of nitrogens with zero attached hydrogens (tertiary/aromatic N) is 3. The molecule has 2 aromatic rings. The van der Waals surface area contributed by atoms with Crippen LogP contribution in [0.2, 0.25) is 0 Å². The van der Waals surface area contributed by atoms with E-state index in [0.29, 0.717) is 25.1 Å². The molecule has 1 aliphatic heterocycles. The number of aromatic nitrogens is 2. The molecule has 2 heterocycles. The van der Waals surface area contributed by atoms with Gasteiger partial charge in [0.05, 0.1) is 17.9 Å². The van der Waals surface area contributed by atoms with E-state index in [2.05, 4.69) is 10.4 Å². The van der Waals surface area contributed by atoms with Gasteiger partial charge in [0.2, 0.25) is 11.8 Å². The van der Waals surface area contributed by atoms with Crippen LogP contribution in [0.15, 0.2) is 36.5 Å². The highest BCUT2D eigenvalue weighted by Crippen LogP contribution is 2.16. The molecule has 6 nitrogen and oxygen atoms in total. The van der Waals surface area contributed by atoms with Gasteiger partial charge in [-0.3, -0.25) is 9.59 Å². The molecule has 1 fully saturated rings. The average Bonchev–Trinajstić information content (AvgIpc) is 3.24. The second-order valence-corrected chi connectivity index (χ2v) is 6.06. The Morgan fingerprint density at radius 3 is 2.72 bits per heavy atom. The summed E-state index contributed by atoms with van der Waals surface area (Å²) >= 11 is 0. The number of halogens is 1. The molecular weight excluding hydrogens is 323 g/mol. The molecule has 0 aliphatic carbocycles. The van der Waals surface area contributed by atoms with E-state index in [1.165, 1.54) is 12.1 Å². The van der Waals surface area contributed by atoms with Gasteiger partial charge in [0, 0.05) is 19.2 Å². The van der Waals surface area contributed by atoms with E-state index in [1.807, 2.05) is 6.92 Å². The summed E-state index contributed by atoms with van der Waals surface area (Å²) in [6.07, 6.45) is 3.67. The highest BCUT2D eigenvalue weighted by molar-refractivity contribution is 5.88. The van der Waals surface area contributed by atoms with Crippen LogP contribution in [-0.2, 0) is 16.1 Å². The monoisotopic (exact) mass is 344 g/mol. The van der Waals surface area contributed by atoms with Gasteiger partial charge >= 0.3 is 0 Å². The van der Waals surface area contributed by atoms with Gasteiger partial charge in [-0.25, -0.2) is 9.07 Å². The van der Waals surface area contributed by atoms with Gasteiger partial charge in [-0.1, -0.05) is 6.92 Å². The summed E-state index contributed by atoms with van der Waals surface area (Å²) in [5, 5.41) is 7.23. The van der Waals surface area contributed by atoms with Crippen LogP contribution in [0.1, 0.15) is 31.9 Å². The highest BCUT2D eigenvalue weighted by atomic mass is 19.1. The Kier molecular flexibility index (Phi) is 5.11. The number of benzene rings is 1. The van der Waals surface area contributed by atoms with Gasteiger partial charge in [-0.2, -0.15) is 5.10 Å². The first-order chi connectivity index (χ1) is 12.1. The van der Waals surface area contributed by atoms with Gasteiger partial charge in [0.15, 0.2) is 0 Å². The van der Waals surface area contributed by atoms with Gasteiger partial charge in [-0.15, -0.1) is 0 Å². The lowest BCUT2D eigenvalue weighted by molar-refractivity contribution is -0.137. The Bertz CT molecular complexity index is 757. The summed E-state index contributed by atoms with van der Waals surface area (Å²) in [5.41, 5.74) is 1.44. The van der Waals surface area contributed by atoms with Crippen molar-refractivity contribution in [1.82, 2.24) is 20.0 Å². The van der Waals surface area contributed by atoms with E-state index in [0.717, 1.165) is 12.1 Å². The molecule has 1 atom stereocenters. The topological polar surface area (TPSA) is 67.2 Å². The second-order valence-electron chi connectivity index (χ2n) is 6.06. The molecule has 3 rings (SSSR count). The zero-order chi connectivity index (χ0) is 17.8. The summed E-state index contributed by atoms with van der Waals surface area (Å²) in [6, 6.07) is 7.39. The van der Waals surface area contributed by atoms with Crippen LogP contribution in [0.3, 0.4) is 0 Å². The summed E-state index contributed by atoms with van der Waals surface area (Å²) in [4.78, 5) is 25.9. The molecular formula is C18H21FN4O2. The van der Waals surface area contributed by atoms with E-state index < -0.39 is 6.04 Å². The maximum atomic E-state index is 13.0. The maximum Gasteiger partial charge on any atom is 0.243 e. The Morgan fingerprint density at radius 1 is 1.32 bits per heavy atom. The lowest BCUT2D eigenvalue weighted by atomic mass is 10.2. The fourth-order valence-electron chi connectivity index (χ4n) is 3.03. The third kappa shape index (κ3) is 3.87. The zero-order valence-corrected chi connectivity index (χ0v) is 14.1. The normalized spacial score (nSPS) is 15.4. The van der Waals surface area contributed by atoms with Crippen molar-refractivity contribution >= 4 is 11.8 Å². The number of amides is 2. The van der Waals surface area contributed by atoms with E-state index >= 15 is 0 Å². The first-order valence-corrected chi connectivity index (χ1v) is 8.46. The number of hydrogen-bond acceptors (Lipinski definition) is 3. The number of rotatable bonds is 6. The van der Waals surface area contributed by atoms with E-state index in [4.69, 9.17) is 0 Å². The van der Waals surface area contributed by atoms with Crippen molar-refractivity contribution in [2.75, 3.05) is 6.54 Å². The van der Waals surface area contributed by atoms with Gasteiger partial charge < -0.3 is 10.2 Å². The molecule has 0 unspecified atom stereocenters. The number of likely N-dealkylation sites (tertiary alicyclic amines) is 1. The smallest absolute Gasteiger partial charge is 0.243 e. The first kappa shape index (κ1) is 17.1. The van der Waals surface area contributed by atoms with Crippen LogP contribution in [0.4, 0.5) is 4.39 Å². The lowest BCUT2D eigenvalue weighted by Crippen LogP contribution is -2.47. The minimum absolute atomic E-state index is 0.0441. The molecule has 0 radical (unpaired) electrons. The minimum atomic E-state index is -0.422. The maximum absolute atomic E-state index is 13.0. The average molecular weight is 344 g/mol. The van der Waals surface area contributed by atoms with Crippen molar-refractivity contribution in [1.29, 1.82) is 0 Å². The van der Waals surface area contributed by atoms with Gasteiger partial charge in [0.1, 0.15) is 11.9 Å². The Balaban J connectivity index is 1.60. The van der Waals surface area contributed by atoms with Crippen molar-refractivity contribution in [3.63, 3.8) is 0 Å². The molecule has 1 saturated heterocycles. The Labute approximate surface area is 145 Å². The molecule has 1 aromatic carbocycles. The third-order valence-electron chi connectivity index (χ3n) is 4.35. The second kappa shape index (κ2) is 7.46. The molecule has 25 heavy (non-hydrogen) atoms. The van der Waals surface area contributed by atoms with Crippen molar-refractivity contribution in [2.24, 2.45) is 0 Å². The molecule has 1 N–H and O–H groups in total. The molecule has 132 valence electrons. The van der Waals surface area contributed by atoms with Crippen LogP contribution in [0.25, 0.3) is 5.69 Å². The van der Waals surface area contributed by atoms with Crippen molar-refractivity contribution < 1.29 is 14.0 Å². The summed E-state index contributed by atoms with van der Waals surface area (Å²) in [6.45, 7) is 2.83. The van der Waals surface area contributed by atoms with Gasteiger partial charge in [-0.05, 0) is 43.2 Å². The zero-order valence-electron chi connectivity index (χ0n) is 14.1. The van der Waals surface area contributed by atoms with Crippen LogP contribution in [0, 0.1) is 5.82 Å². The Hall–Kier alpha value is -2.70. The van der Waals surface area contributed by atoms with Crippen molar-refractivity contribution in [2.45, 2.75) is 38.8 Å². The van der Waals surface area contributed by atoms with Crippen LogP contribution in [0.5, 0.6) is 0 Å². The molecule has 1 aromatic heterocycles. The molecule has 0 spiro atoms. The molecule has 0 saturated carbocycles. The summed E-state index contributed by atoms with van der Waals surface area (Å²) in [7, 11) is 0. The number of carbonyl (C=O) groups excluding carboxylic acids is 2. The van der Waals surface area contributed by atoms with Crippen LogP contribution in [-0.4, -0.2) is 39.1 Å². The van der Waals surface area contributed by atoms with E-state index in [-0.39, 0.29) is 24.2 Å². The standard InChI is InChI=1S/C18H21FN4O2/c1-2-16(22-10-3-4-17(22)24)18(25)20-12-14-9-11-23(21-14)15-7-5-13(19)6-8-15/h5-9,11,16H,2-4,10,12H2,1H3,(H,20,25)/t16-/m1/s1. The van der Waals surface area contributed by atoms with Gasteiger partial charge in [0.25, 0.3) is 0 Å². The van der Waals surface area contributed by atoms with Crippen molar-refractivity contribution in [3.8, 4) is 5.69 Å². The lowest BCUT2D eigenvalue weighted by Gasteiger charge is -2.25. The SMILES string of the molecule is CC[C@H](C(=O)NCc1ccn(-c2ccc(F)cc2)n1)N1CCCC1=O. The number of nitrogens with one attached hydrogen (secondary N) is 1. The fourth-order valence-corrected chi connectivity index (χ4v) is 3.03. The highest BCUT2D eigenvalue weighted by Gasteiger charge is 2.31. The number of carbonyl (C=O) groups is 2. The minimum Gasteiger partial charge on any atom is -0.349 e. The quantitative estimate of drug-likeness (QED) is 0.872. The molecule has 2 amide bonds. The summed E-state index contributed by atoms with van der Waals surface area (Å²) < 4.78 is 14.6. The fraction of sp³-hybridized carbons (Fsp3) is 0.389. The van der Waals surface area contributed by atoms with E-state index in [9.17, 15) is 14.0 Å². The van der Waals surface area contributed by atoms with Crippen molar-refractivity contribution in [3.05, 3.63) is 48.0 Å². The molecule has 1 aliphatic rings. The number of hydrogen-bond donors (Lipinski definition) is 1. The van der Waals surface area contributed by atoms with Crippen LogP contribution < -0.4 is 5.32 Å². The van der Waals surface area contributed by atoms with Crippen LogP contribution >= 0.6 is 0 Å². The third-order valence-corrected chi connectivity index (χ3v) is 4.35. The Morgan fingerprint density at radius 2 is 2.08 bits per heavy atom. The first-order valence-electron chi connectivity index (χ1n) is 8.46. The summed E-state index contributed by atoms with van der Waals surface area (Å²) in [5.74, 6) is -0.415. The molecule has 0 bridgehead atoms. The predicted molar refractivity (Wildman–Crippen MR) is 90.4 cm³/mol. The molecule has 7 heteroatoms. The van der Waals surface area contributed by atoms with E-state index in [1.54, 1.807) is 34.0 Å². The largest absolute Gasteiger partial charge is 0.349 e. The predicted octanol–water partition coefficient (Wildman–Crippen LogP) is 2.03.